The Morgan fingerprint density at radius 2 is 1.50 bits per heavy atom. The molecule has 0 aliphatic heterocycles. The summed E-state index contributed by atoms with van der Waals surface area (Å²) in [7, 11) is 0. The molecule has 0 unspecified atom stereocenters. The number of hydrogen-bond acceptors (Lipinski definition) is 2. The van der Waals surface area contributed by atoms with Crippen molar-refractivity contribution >= 4 is 33.7 Å². The minimum Gasteiger partial charge on any atom is -0.236 e. The van der Waals surface area contributed by atoms with Gasteiger partial charge < -0.3 is 0 Å². The summed E-state index contributed by atoms with van der Waals surface area (Å²) in [4.78, 5) is 4.72. The monoisotopic (exact) mass is 423 g/mol. The number of hydrogen-bond donors (Lipinski definition) is 0. The minimum atomic E-state index is -4.12. The molecule has 0 atom stereocenters. The van der Waals surface area contributed by atoms with Crippen molar-refractivity contribution in [3.05, 3.63) is 89.0 Å². The lowest BCUT2D eigenvalue weighted by Gasteiger charge is -2.06. The highest BCUT2D eigenvalue weighted by Gasteiger charge is 2.26. The van der Waals surface area contributed by atoms with Crippen LogP contribution in [0, 0.1) is 6.92 Å². The lowest BCUT2D eigenvalue weighted by Crippen LogP contribution is -2.08. The third-order valence-electron chi connectivity index (χ3n) is 4.85. The van der Waals surface area contributed by atoms with Crippen molar-refractivity contribution in [3.63, 3.8) is 0 Å². The fraction of sp³-hybridized carbons (Fsp3) is 0.160. The molecule has 4 aromatic rings. The zero-order chi connectivity index (χ0) is 21.1. The number of thiazole rings is 1. The van der Waals surface area contributed by atoms with Gasteiger partial charge >= 0.3 is 6.18 Å². The maximum absolute atomic E-state index is 12.3. The summed E-state index contributed by atoms with van der Waals surface area (Å²) in [6.45, 7) is 2.08. The average molecular weight is 424 g/mol. The van der Waals surface area contributed by atoms with Crippen LogP contribution in [-0.4, -0.2) is 11.2 Å². The normalized spacial score (nSPS) is 12.1. The summed E-state index contributed by atoms with van der Waals surface area (Å²) >= 11 is 1.69. The van der Waals surface area contributed by atoms with E-state index in [4.69, 9.17) is 4.98 Å². The highest BCUT2D eigenvalue weighted by molar-refractivity contribution is 7.21. The van der Waals surface area contributed by atoms with Gasteiger partial charge in [-0.3, -0.25) is 0 Å². The molecule has 0 N–H and O–H groups in total. The third kappa shape index (κ3) is 5.16. The van der Waals surface area contributed by atoms with Gasteiger partial charge in [0.15, 0.2) is 0 Å². The molecule has 0 amide bonds. The number of nitrogens with zero attached hydrogens (tertiary/aromatic N) is 1. The second-order valence-corrected chi connectivity index (χ2v) is 8.33. The van der Waals surface area contributed by atoms with Gasteiger partial charge in [0, 0.05) is 12.0 Å². The number of alkyl halides is 3. The SMILES string of the molecule is Cc1ccc2nc(-c3ccc(/C=C/c4ccc(CCC(F)(F)F)cc4)cc3)sc2c1. The van der Waals surface area contributed by atoms with Crippen LogP contribution in [0.2, 0.25) is 0 Å². The van der Waals surface area contributed by atoms with Crippen molar-refractivity contribution in [2.75, 3.05) is 0 Å². The Balaban J connectivity index is 1.43. The predicted octanol–water partition coefficient (Wildman–Crippen LogP) is 7.94. The van der Waals surface area contributed by atoms with Gasteiger partial charge in [-0.2, -0.15) is 13.2 Å². The molecule has 0 bridgehead atoms. The molecule has 5 heteroatoms. The van der Waals surface area contributed by atoms with Gasteiger partial charge in [0.1, 0.15) is 5.01 Å². The molecule has 4 rings (SSSR count). The van der Waals surface area contributed by atoms with Crippen molar-refractivity contribution in [1.29, 1.82) is 0 Å². The number of aromatic nitrogens is 1. The number of aryl methyl sites for hydroxylation is 2. The van der Waals surface area contributed by atoms with Crippen LogP contribution >= 0.6 is 11.3 Å². The highest BCUT2D eigenvalue weighted by atomic mass is 32.1. The van der Waals surface area contributed by atoms with Crippen molar-refractivity contribution in [1.82, 2.24) is 4.98 Å². The first kappa shape index (κ1) is 20.4. The Morgan fingerprint density at radius 1 is 0.867 bits per heavy atom. The van der Waals surface area contributed by atoms with Crippen LogP contribution in [0.3, 0.4) is 0 Å². The molecule has 152 valence electrons. The lowest BCUT2D eigenvalue weighted by atomic mass is 10.1. The topological polar surface area (TPSA) is 12.9 Å². The van der Waals surface area contributed by atoms with E-state index in [1.165, 1.54) is 10.3 Å². The molecule has 0 saturated heterocycles. The molecule has 1 nitrogen and oxygen atoms in total. The van der Waals surface area contributed by atoms with Crippen molar-refractivity contribution < 1.29 is 13.2 Å². The van der Waals surface area contributed by atoms with Crippen LogP contribution in [0.1, 0.15) is 28.7 Å². The van der Waals surface area contributed by atoms with Crippen LogP contribution in [0.4, 0.5) is 13.2 Å². The fourth-order valence-electron chi connectivity index (χ4n) is 3.17. The summed E-state index contributed by atoms with van der Waals surface area (Å²) in [5.74, 6) is 0. The van der Waals surface area contributed by atoms with E-state index in [9.17, 15) is 13.2 Å². The van der Waals surface area contributed by atoms with Crippen LogP contribution in [0.5, 0.6) is 0 Å². The predicted molar refractivity (Wildman–Crippen MR) is 120 cm³/mol. The number of fused-ring (bicyclic) bond motifs is 1. The molecule has 0 aliphatic carbocycles. The number of rotatable bonds is 5. The number of halogens is 3. The maximum atomic E-state index is 12.3. The van der Waals surface area contributed by atoms with E-state index in [2.05, 4.69) is 37.3 Å². The standard InChI is InChI=1S/C25H20F3NS/c1-17-2-13-22-23(16-17)30-24(29-22)21-11-9-19(10-12-21)4-3-18-5-7-20(8-6-18)14-15-25(26,27)28/h2-13,16H,14-15H2,1H3/b4-3+. The van der Waals surface area contributed by atoms with Crippen molar-refractivity contribution in [2.45, 2.75) is 25.9 Å². The van der Waals surface area contributed by atoms with Gasteiger partial charge in [-0.25, -0.2) is 4.98 Å². The molecular weight excluding hydrogens is 403 g/mol. The molecule has 0 saturated carbocycles. The van der Waals surface area contributed by atoms with Crippen molar-refractivity contribution in [3.8, 4) is 10.6 Å². The molecule has 0 fully saturated rings. The summed E-state index contributed by atoms with van der Waals surface area (Å²) in [6.07, 6.45) is -0.933. The average Bonchev–Trinajstić information content (AvgIpc) is 3.14. The van der Waals surface area contributed by atoms with E-state index in [0.29, 0.717) is 5.56 Å². The van der Waals surface area contributed by atoms with Crippen LogP contribution < -0.4 is 0 Å². The summed E-state index contributed by atoms with van der Waals surface area (Å²) in [6, 6.07) is 21.7. The fourth-order valence-corrected chi connectivity index (χ4v) is 4.24. The molecule has 1 aromatic heterocycles. The Kier molecular flexibility index (Phi) is 5.73. The third-order valence-corrected chi connectivity index (χ3v) is 5.91. The van der Waals surface area contributed by atoms with E-state index in [1.807, 2.05) is 36.4 Å². The Morgan fingerprint density at radius 3 is 2.13 bits per heavy atom. The lowest BCUT2D eigenvalue weighted by molar-refractivity contribution is -0.133. The minimum absolute atomic E-state index is 0.0142. The summed E-state index contributed by atoms with van der Waals surface area (Å²) in [5.41, 5.74) is 6.03. The van der Waals surface area contributed by atoms with Crippen LogP contribution in [0.15, 0.2) is 66.7 Å². The molecule has 1 heterocycles. The van der Waals surface area contributed by atoms with Gasteiger partial charge in [0.25, 0.3) is 0 Å². The highest BCUT2D eigenvalue weighted by Crippen LogP contribution is 2.31. The van der Waals surface area contributed by atoms with Gasteiger partial charge in [0.05, 0.1) is 10.2 Å². The quantitative estimate of drug-likeness (QED) is 0.297. The van der Waals surface area contributed by atoms with Crippen LogP contribution in [-0.2, 0) is 6.42 Å². The summed E-state index contributed by atoms with van der Waals surface area (Å²) < 4.78 is 38.2. The molecule has 0 radical (unpaired) electrons. The van der Waals surface area contributed by atoms with Gasteiger partial charge in [0.2, 0.25) is 0 Å². The van der Waals surface area contributed by atoms with E-state index in [-0.39, 0.29) is 6.42 Å². The molecular formula is C25H20F3NS. The largest absolute Gasteiger partial charge is 0.389 e. The summed E-state index contributed by atoms with van der Waals surface area (Å²) in [5, 5.41) is 1.00. The first-order chi connectivity index (χ1) is 14.4. The van der Waals surface area contributed by atoms with E-state index in [0.717, 1.165) is 27.2 Å². The molecule has 30 heavy (non-hydrogen) atoms. The molecule has 0 spiro atoms. The van der Waals surface area contributed by atoms with Gasteiger partial charge in [-0.15, -0.1) is 11.3 Å². The van der Waals surface area contributed by atoms with Gasteiger partial charge in [-0.1, -0.05) is 66.7 Å². The van der Waals surface area contributed by atoms with E-state index < -0.39 is 12.6 Å². The second-order valence-electron chi connectivity index (χ2n) is 7.30. The molecule has 0 aliphatic rings. The van der Waals surface area contributed by atoms with Gasteiger partial charge in [-0.05, 0) is 47.7 Å². The molecule has 3 aromatic carbocycles. The van der Waals surface area contributed by atoms with E-state index in [1.54, 1.807) is 23.5 Å². The van der Waals surface area contributed by atoms with Crippen LogP contribution in [0.25, 0.3) is 32.9 Å². The Bertz CT molecular complexity index is 1170. The first-order valence-electron chi connectivity index (χ1n) is 9.67. The van der Waals surface area contributed by atoms with Crippen molar-refractivity contribution in [2.24, 2.45) is 0 Å². The Labute approximate surface area is 177 Å². The maximum Gasteiger partial charge on any atom is 0.389 e. The number of benzene rings is 3. The van der Waals surface area contributed by atoms with E-state index >= 15 is 0 Å². The zero-order valence-electron chi connectivity index (χ0n) is 16.4. The Hall–Kier alpha value is -2.92. The zero-order valence-corrected chi connectivity index (χ0v) is 17.2. The smallest absolute Gasteiger partial charge is 0.236 e. The second kappa shape index (κ2) is 8.44. The first-order valence-corrected chi connectivity index (χ1v) is 10.5.